The van der Waals surface area contributed by atoms with Gasteiger partial charge in [-0.05, 0) is 31.6 Å². The van der Waals surface area contributed by atoms with E-state index >= 15 is 0 Å². The number of carbonyl (C=O) groups excluding carboxylic acids is 2. The molecule has 20 heavy (non-hydrogen) atoms. The number of nitrogens with zero attached hydrogens (tertiary/aromatic N) is 1. The monoisotopic (exact) mass is 281 g/mol. The van der Waals surface area contributed by atoms with Crippen LogP contribution >= 0.6 is 0 Å². The Morgan fingerprint density at radius 3 is 2.35 bits per heavy atom. The van der Waals surface area contributed by atoms with E-state index in [0.29, 0.717) is 24.9 Å². The van der Waals surface area contributed by atoms with Gasteiger partial charge in [0.15, 0.2) is 0 Å². The van der Waals surface area contributed by atoms with E-state index in [4.69, 9.17) is 4.74 Å². The third-order valence-corrected chi connectivity index (χ3v) is 4.99. The normalized spacial score (nSPS) is 26.7. The Morgan fingerprint density at radius 2 is 1.80 bits per heavy atom. The van der Waals surface area contributed by atoms with Crippen LogP contribution in [0.3, 0.4) is 0 Å². The van der Waals surface area contributed by atoms with Crippen LogP contribution in [0, 0.1) is 11.8 Å². The molecule has 0 saturated heterocycles. The molecule has 2 aliphatic carbocycles. The smallest absolute Gasteiger partial charge is 0.307 e. The van der Waals surface area contributed by atoms with Crippen molar-refractivity contribution in [3.63, 3.8) is 0 Å². The average molecular weight is 281 g/mol. The standard InChI is InChI=1S/C16H27NO3/c1-12-6-3-4-9-14(12)17(11-10-15(18)20-2)16(19)13-7-5-8-13/h12-14H,3-11H2,1-2H3. The van der Waals surface area contributed by atoms with Gasteiger partial charge in [-0.1, -0.05) is 26.2 Å². The minimum atomic E-state index is -0.222. The average Bonchev–Trinajstić information content (AvgIpc) is 2.38. The fraction of sp³-hybridized carbons (Fsp3) is 0.875. The Balaban J connectivity index is 2.01. The highest BCUT2D eigenvalue weighted by Gasteiger charge is 2.36. The van der Waals surface area contributed by atoms with E-state index in [1.54, 1.807) is 0 Å². The molecule has 2 saturated carbocycles. The van der Waals surface area contributed by atoms with Gasteiger partial charge in [-0.2, -0.15) is 0 Å². The van der Waals surface area contributed by atoms with Gasteiger partial charge in [0.25, 0.3) is 0 Å². The fourth-order valence-electron chi connectivity index (χ4n) is 3.40. The lowest BCUT2D eigenvalue weighted by Crippen LogP contribution is -2.49. The highest BCUT2D eigenvalue weighted by Crippen LogP contribution is 2.33. The molecule has 0 aromatic heterocycles. The van der Waals surface area contributed by atoms with E-state index in [1.165, 1.54) is 32.8 Å². The van der Waals surface area contributed by atoms with Gasteiger partial charge >= 0.3 is 5.97 Å². The second kappa shape index (κ2) is 7.09. The predicted octanol–water partition coefficient (Wildman–Crippen LogP) is 2.76. The van der Waals surface area contributed by atoms with Crippen LogP contribution in [0.5, 0.6) is 0 Å². The zero-order chi connectivity index (χ0) is 14.5. The van der Waals surface area contributed by atoms with Crippen molar-refractivity contribution in [2.45, 2.75) is 64.3 Å². The van der Waals surface area contributed by atoms with Gasteiger partial charge in [0, 0.05) is 18.5 Å². The molecule has 0 heterocycles. The van der Waals surface area contributed by atoms with Crippen LogP contribution in [0.25, 0.3) is 0 Å². The third kappa shape index (κ3) is 3.53. The first-order valence-corrected chi connectivity index (χ1v) is 8.00. The van der Waals surface area contributed by atoms with Crippen molar-refractivity contribution in [3.8, 4) is 0 Å². The van der Waals surface area contributed by atoms with E-state index in [9.17, 15) is 9.59 Å². The largest absolute Gasteiger partial charge is 0.469 e. The lowest BCUT2D eigenvalue weighted by atomic mass is 9.81. The molecule has 2 atom stereocenters. The topological polar surface area (TPSA) is 46.6 Å². The highest BCUT2D eigenvalue weighted by molar-refractivity contribution is 5.80. The summed E-state index contributed by atoms with van der Waals surface area (Å²) in [5.41, 5.74) is 0. The van der Waals surface area contributed by atoms with Crippen LogP contribution in [-0.2, 0) is 14.3 Å². The van der Waals surface area contributed by atoms with E-state index < -0.39 is 0 Å². The van der Waals surface area contributed by atoms with Crippen LogP contribution in [-0.4, -0.2) is 36.5 Å². The fourth-order valence-corrected chi connectivity index (χ4v) is 3.40. The summed E-state index contributed by atoms with van der Waals surface area (Å²) in [6.07, 6.45) is 8.27. The Hall–Kier alpha value is -1.06. The molecule has 0 N–H and O–H groups in total. The maximum Gasteiger partial charge on any atom is 0.307 e. The summed E-state index contributed by atoms with van der Waals surface area (Å²) in [4.78, 5) is 26.0. The molecule has 0 radical (unpaired) electrons. The maximum absolute atomic E-state index is 12.6. The minimum Gasteiger partial charge on any atom is -0.469 e. The summed E-state index contributed by atoms with van der Waals surface area (Å²) in [6.45, 7) is 2.76. The molecule has 0 spiro atoms. The Labute approximate surface area is 121 Å². The number of amides is 1. The second-order valence-electron chi connectivity index (χ2n) is 6.31. The van der Waals surface area contributed by atoms with Crippen molar-refractivity contribution < 1.29 is 14.3 Å². The molecule has 2 unspecified atom stereocenters. The number of rotatable bonds is 5. The third-order valence-electron chi connectivity index (χ3n) is 4.99. The first kappa shape index (κ1) is 15.3. The van der Waals surface area contributed by atoms with Gasteiger partial charge in [-0.25, -0.2) is 0 Å². The number of esters is 1. The summed E-state index contributed by atoms with van der Waals surface area (Å²) in [5.74, 6) is 0.811. The van der Waals surface area contributed by atoms with Crippen LogP contribution in [0.15, 0.2) is 0 Å². The molecule has 2 aliphatic rings. The number of methoxy groups -OCH3 is 1. The molecular weight excluding hydrogens is 254 g/mol. The lowest BCUT2D eigenvalue weighted by molar-refractivity contribution is -0.146. The molecule has 2 rings (SSSR count). The molecule has 114 valence electrons. The van der Waals surface area contributed by atoms with E-state index in [1.807, 2.05) is 4.90 Å². The Kier molecular flexibility index (Phi) is 5.44. The summed E-state index contributed by atoms with van der Waals surface area (Å²) in [7, 11) is 1.41. The number of carbonyl (C=O) groups is 2. The van der Waals surface area contributed by atoms with E-state index in [2.05, 4.69) is 6.92 Å². The highest BCUT2D eigenvalue weighted by atomic mass is 16.5. The van der Waals surface area contributed by atoms with Crippen LogP contribution in [0.2, 0.25) is 0 Å². The van der Waals surface area contributed by atoms with Crippen LogP contribution < -0.4 is 0 Å². The number of hydrogen-bond acceptors (Lipinski definition) is 3. The molecule has 0 aliphatic heterocycles. The van der Waals surface area contributed by atoms with Crippen molar-refractivity contribution in [1.29, 1.82) is 0 Å². The SMILES string of the molecule is COC(=O)CCN(C(=O)C1CCC1)C1CCCCC1C. The van der Waals surface area contributed by atoms with Crippen molar-refractivity contribution in [1.82, 2.24) is 4.90 Å². The van der Waals surface area contributed by atoms with Gasteiger partial charge < -0.3 is 9.64 Å². The summed E-state index contributed by atoms with van der Waals surface area (Å²) >= 11 is 0. The molecule has 0 bridgehead atoms. The van der Waals surface area contributed by atoms with Gasteiger partial charge in [0.05, 0.1) is 13.5 Å². The summed E-state index contributed by atoms with van der Waals surface area (Å²) in [5, 5.41) is 0. The van der Waals surface area contributed by atoms with Crippen molar-refractivity contribution >= 4 is 11.9 Å². The van der Waals surface area contributed by atoms with Crippen molar-refractivity contribution in [2.75, 3.05) is 13.7 Å². The molecule has 0 aromatic rings. The Bertz CT molecular complexity index is 352. The molecule has 0 aromatic carbocycles. The lowest BCUT2D eigenvalue weighted by Gasteiger charge is -2.41. The van der Waals surface area contributed by atoms with Crippen molar-refractivity contribution in [2.24, 2.45) is 11.8 Å². The molecule has 2 fully saturated rings. The summed E-state index contributed by atoms with van der Waals surface area (Å²) < 4.78 is 4.72. The molecule has 4 heteroatoms. The molecule has 4 nitrogen and oxygen atoms in total. The number of ether oxygens (including phenoxy) is 1. The van der Waals surface area contributed by atoms with E-state index in [-0.39, 0.29) is 17.8 Å². The first-order valence-electron chi connectivity index (χ1n) is 8.00. The van der Waals surface area contributed by atoms with Gasteiger partial charge in [-0.3, -0.25) is 9.59 Å². The number of hydrogen-bond donors (Lipinski definition) is 0. The van der Waals surface area contributed by atoms with Crippen molar-refractivity contribution in [3.05, 3.63) is 0 Å². The van der Waals surface area contributed by atoms with Crippen LogP contribution in [0.1, 0.15) is 58.3 Å². The first-order chi connectivity index (χ1) is 9.63. The zero-order valence-corrected chi connectivity index (χ0v) is 12.8. The van der Waals surface area contributed by atoms with Gasteiger partial charge in [0.2, 0.25) is 5.91 Å². The maximum atomic E-state index is 12.6. The second-order valence-corrected chi connectivity index (χ2v) is 6.31. The minimum absolute atomic E-state index is 0.210. The quantitative estimate of drug-likeness (QED) is 0.728. The van der Waals surface area contributed by atoms with Crippen LogP contribution in [0.4, 0.5) is 0 Å². The molecular formula is C16H27NO3. The predicted molar refractivity (Wildman–Crippen MR) is 77.1 cm³/mol. The Morgan fingerprint density at radius 1 is 1.10 bits per heavy atom. The zero-order valence-electron chi connectivity index (χ0n) is 12.8. The van der Waals surface area contributed by atoms with Gasteiger partial charge in [-0.15, -0.1) is 0 Å². The molecule has 1 amide bonds. The van der Waals surface area contributed by atoms with Gasteiger partial charge in [0.1, 0.15) is 0 Å². The summed E-state index contributed by atoms with van der Waals surface area (Å²) in [6, 6.07) is 0.321. The van der Waals surface area contributed by atoms with E-state index in [0.717, 1.165) is 19.3 Å².